The minimum absolute atomic E-state index is 0.0660. The van der Waals surface area contributed by atoms with Crippen molar-refractivity contribution < 1.29 is 14.0 Å². The molecule has 0 spiro atoms. The van der Waals surface area contributed by atoms with Gasteiger partial charge in [-0.1, -0.05) is 32.6 Å². The highest BCUT2D eigenvalue weighted by atomic mass is 19.1. The summed E-state index contributed by atoms with van der Waals surface area (Å²) in [6.45, 7) is 5.02. The second-order valence-corrected chi connectivity index (χ2v) is 12.4. The lowest BCUT2D eigenvalue weighted by atomic mass is 9.68. The van der Waals surface area contributed by atoms with Gasteiger partial charge in [0.2, 0.25) is 5.91 Å². The van der Waals surface area contributed by atoms with Gasteiger partial charge in [0.1, 0.15) is 11.6 Å². The zero-order valence-electron chi connectivity index (χ0n) is 23.5. The number of carbonyl (C=O) groups excluding carboxylic acids is 2. The molecule has 1 aromatic heterocycles. The van der Waals surface area contributed by atoms with E-state index in [-0.39, 0.29) is 35.5 Å². The predicted octanol–water partition coefficient (Wildman–Crippen LogP) is 6.58. The Bertz CT molecular complexity index is 1120. The van der Waals surface area contributed by atoms with Gasteiger partial charge in [-0.05, 0) is 94.0 Å². The number of halogens is 1. The van der Waals surface area contributed by atoms with Crippen molar-refractivity contribution in [2.45, 2.75) is 102 Å². The second kappa shape index (κ2) is 11.9. The van der Waals surface area contributed by atoms with Crippen LogP contribution in [0.4, 0.5) is 4.39 Å². The van der Waals surface area contributed by atoms with Gasteiger partial charge in [0.05, 0.1) is 6.04 Å². The molecule has 1 aliphatic heterocycles. The van der Waals surface area contributed by atoms with Gasteiger partial charge >= 0.3 is 0 Å². The fourth-order valence-electron chi connectivity index (χ4n) is 8.02. The number of nitrogens with zero attached hydrogens (tertiary/aromatic N) is 1. The highest BCUT2D eigenvalue weighted by molar-refractivity contribution is 5.86. The maximum absolute atomic E-state index is 14.5. The first kappa shape index (κ1) is 27.4. The topological polar surface area (TPSA) is 65.2 Å². The lowest BCUT2D eigenvalue weighted by Gasteiger charge is -2.43. The van der Waals surface area contributed by atoms with Gasteiger partial charge in [0.15, 0.2) is 0 Å². The summed E-state index contributed by atoms with van der Waals surface area (Å²) in [4.78, 5) is 32.8. The Morgan fingerprint density at radius 2 is 1.95 bits per heavy atom. The molecule has 5 nitrogen and oxygen atoms in total. The minimum atomic E-state index is -0.228. The van der Waals surface area contributed by atoms with Crippen LogP contribution in [0.25, 0.3) is 10.9 Å². The molecule has 3 aliphatic rings. The number of H-pyrrole nitrogens is 1. The maximum Gasteiger partial charge on any atom is 0.226 e. The highest BCUT2D eigenvalue weighted by Gasteiger charge is 2.48. The Balaban J connectivity index is 1.44. The molecule has 38 heavy (non-hydrogen) atoms. The summed E-state index contributed by atoms with van der Waals surface area (Å²) >= 11 is 0. The molecule has 1 saturated heterocycles. The molecule has 6 heteroatoms. The van der Waals surface area contributed by atoms with E-state index in [0.717, 1.165) is 49.6 Å². The molecule has 6 atom stereocenters. The zero-order chi connectivity index (χ0) is 26.8. The molecular weight excluding hydrogens is 477 g/mol. The van der Waals surface area contributed by atoms with Crippen LogP contribution in [0.5, 0.6) is 0 Å². The molecule has 5 rings (SSSR count). The number of aromatic nitrogens is 1. The number of ketones is 1. The Labute approximate surface area is 227 Å². The predicted molar refractivity (Wildman–Crippen MR) is 150 cm³/mol. The SMILES string of the molecule is CCC1CC2CCN(C(=O)C(CCC(=O)C(C)NC)C3CCCCC3)C2C(c2c[nH]c3cc(F)ccc23)C1. The number of amides is 1. The summed E-state index contributed by atoms with van der Waals surface area (Å²) in [5, 5.41) is 4.15. The third kappa shape index (κ3) is 5.43. The molecule has 208 valence electrons. The van der Waals surface area contributed by atoms with Crippen LogP contribution in [-0.4, -0.2) is 47.3 Å². The van der Waals surface area contributed by atoms with Crippen LogP contribution in [0.2, 0.25) is 0 Å². The summed E-state index contributed by atoms with van der Waals surface area (Å²) in [6, 6.07) is 5.05. The van der Waals surface area contributed by atoms with Crippen LogP contribution in [0.15, 0.2) is 24.4 Å². The summed E-state index contributed by atoms with van der Waals surface area (Å²) in [6.07, 6.45) is 13.5. The monoisotopic (exact) mass is 523 g/mol. The first-order chi connectivity index (χ1) is 18.4. The van der Waals surface area contributed by atoms with Gasteiger partial charge in [-0.3, -0.25) is 9.59 Å². The number of benzene rings is 1. The van der Waals surface area contributed by atoms with Crippen molar-refractivity contribution in [3.05, 3.63) is 35.8 Å². The molecule has 2 N–H and O–H groups in total. The van der Waals surface area contributed by atoms with E-state index in [1.807, 2.05) is 20.0 Å². The van der Waals surface area contributed by atoms with Crippen LogP contribution in [0.1, 0.15) is 96.0 Å². The molecule has 2 aromatic rings. The average molecular weight is 524 g/mol. The van der Waals surface area contributed by atoms with Gasteiger partial charge < -0.3 is 15.2 Å². The first-order valence-corrected chi connectivity index (χ1v) is 15.2. The van der Waals surface area contributed by atoms with E-state index < -0.39 is 0 Å². The van der Waals surface area contributed by atoms with Gasteiger partial charge in [-0.25, -0.2) is 4.39 Å². The van der Waals surface area contributed by atoms with Crippen LogP contribution < -0.4 is 5.32 Å². The van der Waals surface area contributed by atoms with Crippen molar-refractivity contribution in [1.29, 1.82) is 0 Å². The maximum atomic E-state index is 14.5. The number of likely N-dealkylation sites (tertiary alicyclic amines) is 1. The summed E-state index contributed by atoms with van der Waals surface area (Å²) < 4.78 is 14.0. The lowest BCUT2D eigenvalue weighted by Crippen LogP contribution is -2.48. The number of hydrogen-bond donors (Lipinski definition) is 2. The van der Waals surface area contributed by atoms with Crippen molar-refractivity contribution in [3.63, 3.8) is 0 Å². The fourth-order valence-corrected chi connectivity index (χ4v) is 8.02. The standard InChI is InChI=1S/C32H46FN3O2/c1-4-21-16-23-14-15-36(31(23)27(17-21)28-19-35-29-18-24(33)10-11-26(28)29)32(38)25(22-8-6-5-7-9-22)12-13-30(37)20(2)34-3/h10-11,18-23,25,27,31,34-35H,4-9,12-17H2,1-3H3. The summed E-state index contributed by atoms with van der Waals surface area (Å²) in [7, 11) is 1.82. The number of fused-ring (bicyclic) bond motifs is 2. The zero-order valence-corrected chi connectivity index (χ0v) is 23.5. The van der Waals surface area contributed by atoms with E-state index in [4.69, 9.17) is 0 Å². The molecule has 6 unspecified atom stereocenters. The Hall–Kier alpha value is -2.21. The molecule has 0 bridgehead atoms. The second-order valence-electron chi connectivity index (χ2n) is 12.4. The van der Waals surface area contributed by atoms with Gasteiger partial charge in [-0.2, -0.15) is 0 Å². The van der Waals surface area contributed by atoms with E-state index in [1.54, 1.807) is 12.1 Å². The lowest BCUT2D eigenvalue weighted by molar-refractivity contribution is -0.140. The molecule has 0 radical (unpaired) electrons. The quantitative estimate of drug-likeness (QED) is 0.390. The number of likely N-dealkylation sites (N-methyl/N-ethyl adjacent to an activating group) is 1. The van der Waals surface area contributed by atoms with Crippen molar-refractivity contribution in [1.82, 2.24) is 15.2 Å². The molecule has 1 aromatic carbocycles. The number of rotatable bonds is 9. The van der Waals surface area contributed by atoms with Crippen molar-refractivity contribution in [2.75, 3.05) is 13.6 Å². The number of aromatic amines is 1. The van der Waals surface area contributed by atoms with E-state index >= 15 is 0 Å². The van der Waals surface area contributed by atoms with Gasteiger partial charge in [0, 0.05) is 47.9 Å². The third-order valence-corrected chi connectivity index (χ3v) is 10.3. The Morgan fingerprint density at radius 3 is 2.68 bits per heavy atom. The van der Waals surface area contributed by atoms with Crippen LogP contribution in [0, 0.1) is 29.5 Å². The largest absolute Gasteiger partial charge is 0.361 e. The Kier molecular flexibility index (Phi) is 8.56. The number of Topliss-reactive ketones (excluding diaryl/α,β-unsaturated/α-hetero) is 1. The molecule has 2 heterocycles. The number of hydrogen-bond acceptors (Lipinski definition) is 3. The van der Waals surface area contributed by atoms with Crippen LogP contribution in [0.3, 0.4) is 0 Å². The van der Waals surface area contributed by atoms with E-state index in [0.29, 0.717) is 36.5 Å². The summed E-state index contributed by atoms with van der Waals surface area (Å²) in [5.41, 5.74) is 2.07. The van der Waals surface area contributed by atoms with E-state index in [2.05, 4.69) is 28.3 Å². The van der Waals surface area contributed by atoms with E-state index in [1.165, 1.54) is 31.2 Å². The number of carbonyl (C=O) groups is 2. The smallest absolute Gasteiger partial charge is 0.226 e. The summed E-state index contributed by atoms with van der Waals surface area (Å²) in [5.74, 6) is 1.99. The first-order valence-electron chi connectivity index (χ1n) is 15.2. The minimum Gasteiger partial charge on any atom is -0.361 e. The highest BCUT2D eigenvalue weighted by Crippen LogP contribution is 2.50. The van der Waals surface area contributed by atoms with Crippen molar-refractivity contribution >= 4 is 22.6 Å². The van der Waals surface area contributed by atoms with Crippen LogP contribution in [-0.2, 0) is 9.59 Å². The van der Waals surface area contributed by atoms with Crippen molar-refractivity contribution in [3.8, 4) is 0 Å². The third-order valence-electron chi connectivity index (χ3n) is 10.3. The fraction of sp³-hybridized carbons (Fsp3) is 0.688. The molecule has 3 fully saturated rings. The molecular formula is C32H46FN3O2. The average Bonchev–Trinajstić information content (AvgIpc) is 3.56. The van der Waals surface area contributed by atoms with Crippen LogP contribution >= 0.6 is 0 Å². The van der Waals surface area contributed by atoms with Gasteiger partial charge in [0.25, 0.3) is 0 Å². The molecule has 1 amide bonds. The molecule has 2 aliphatic carbocycles. The molecule has 2 saturated carbocycles. The normalized spacial score (nSPS) is 27.8. The Morgan fingerprint density at radius 1 is 1.16 bits per heavy atom. The van der Waals surface area contributed by atoms with E-state index in [9.17, 15) is 14.0 Å². The number of nitrogens with one attached hydrogen (secondary N) is 2. The van der Waals surface area contributed by atoms with Gasteiger partial charge in [-0.15, -0.1) is 0 Å². The van der Waals surface area contributed by atoms with Crippen molar-refractivity contribution in [2.24, 2.45) is 23.7 Å².